The van der Waals surface area contributed by atoms with Crippen molar-refractivity contribution in [3.05, 3.63) is 52.0 Å². The lowest BCUT2D eigenvalue weighted by Crippen LogP contribution is -2.33. The summed E-state index contributed by atoms with van der Waals surface area (Å²) in [5.74, 6) is -0.169. The first kappa shape index (κ1) is 21.5. The van der Waals surface area contributed by atoms with Crippen molar-refractivity contribution in [1.29, 1.82) is 0 Å². The fourth-order valence-corrected chi connectivity index (χ4v) is 4.02. The van der Waals surface area contributed by atoms with Crippen LogP contribution >= 0.6 is 23.2 Å². The van der Waals surface area contributed by atoms with E-state index in [0.29, 0.717) is 16.5 Å². The molecular formula is C18H20Cl2N2O4S. The molecule has 0 aliphatic carbocycles. The molecule has 2 rings (SSSR count). The summed E-state index contributed by atoms with van der Waals surface area (Å²) in [4.78, 5) is 12.7. The molecule has 27 heavy (non-hydrogen) atoms. The Morgan fingerprint density at radius 2 is 1.81 bits per heavy atom. The van der Waals surface area contributed by atoms with Gasteiger partial charge in [0.1, 0.15) is 5.75 Å². The summed E-state index contributed by atoms with van der Waals surface area (Å²) < 4.78 is 31.8. The highest BCUT2D eigenvalue weighted by atomic mass is 35.5. The van der Waals surface area contributed by atoms with Gasteiger partial charge in [-0.05, 0) is 50.2 Å². The molecule has 9 heteroatoms. The van der Waals surface area contributed by atoms with E-state index in [4.69, 9.17) is 27.9 Å². The molecule has 2 aromatic rings. The largest absolute Gasteiger partial charge is 0.495 e. The minimum Gasteiger partial charge on any atom is -0.495 e. The average molecular weight is 431 g/mol. The summed E-state index contributed by atoms with van der Waals surface area (Å²) in [6.07, 6.45) is 0. The van der Waals surface area contributed by atoms with E-state index >= 15 is 0 Å². The smallest absolute Gasteiger partial charge is 0.257 e. The molecule has 2 aromatic carbocycles. The van der Waals surface area contributed by atoms with Gasteiger partial charge in [0.05, 0.1) is 28.3 Å². The van der Waals surface area contributed by atoms with Crippen LogP contribution in [0.4, 0.5) is 5.69 Å². The van der Waals surface area contributed by atoms with Gasteiger partial charge in [-0.2, -0.15) is 4.31 Å². The summed E-state index contributed by atoms with van der Waals surface area (Å²) in [5, 5.41) is 3.18. The maximum atomic E-state index is 12.7. The molecule has 0 radical (unpaired) electrons. The van der Waals surface area contributed by atoms with Crippen LogP contribution in [0.5, 0.6) is 5.75 Å². The van der Waals surface area contributed by atoms with Crippen molar-refractivity contribution in [2.45, 2.75) is 24.8 Å². The lowest BCUT2D eigenvalue weighted by atomic mass is 10.2. The lowest BCUT2D eigenvalue weighted by molar-refractivity contribution is 0.102. The molecule has 0 fully saturated rings. The van der Waals surface area contributed by atoms with Gasteiger partial charge in [-0.15, -0.1) is 0 Å². The topological polar surface area (TPSA) is 75.7 Å². The third kappa shape index (κ3) is 4.73. The van der Waals surface area contributed by atoms with Crippen molar-refractivity contribution >= 4 is 44.8 Å². The highest BCUT2D eigenvalue weighted by molar-refractivity contribution is 7.89. The number of methoxy groups -OCH3 is 1. The zero-order valence-corrected chi connectivity index (χ0v) is 17.6. The molecule has 1 amide bonds. The van der Waals surface area contributed by atoms with Crippen molar-refractivity contribution in [3.63, 3.8) is 0 Å². The molecule has 0 aliphatic heterocycles. The molecule has 0 bridgehead atoms. The van der Waals surface area contributed by atoms with E-state index in [9.17, 15) is 13.2 Å². The van der Waals surface area contributed by atoms with Crippen LogP contribution in [0.15, 0.2) is 41.3 Å². The average Bonchev–Trinajstić information content (AvgIpc) is 2.61. The van der Waals surface area contributed by atoms with E-state index in [1.807, 2.05) is 0 Å². The fourth-order valence-electron chi connectivity index (χ4n) is 2.25. The van der Waals surface area contributed by atoms with Gasteiger partial charge in [0, 0.05) is 18.1 Å². The summed E-state index contributed by atoms with van der Waals surface area (Å²) in [5.41, 5.74) is 0.371. The Hall–Kier alpha value is -1.80. The number of anilines is 1. The summed E-state index contributed by atoms with van der Waals surface area (Å²) in [6, 6.07) is 8.52. The van der Waals surface area contributed by atoms with Gasteiger partial charge in [-0.25, -0.2) is 8.42 Å². The van der Waals surface area contributed by atoms with Gasteiger partial charge in [0.25, 0.3) is 5.91 Å². The molecule has 0 atom stereocenters. The Bertz CT molecular complexity index is 962. The third-order valence-electron chi connectivity index (χ3n) is 4.00. The SMILES string of the molecule is COc1ccc(Cl)cc1NC(=O)c1cc(S(=O)(=O)N(C)C(C)C)ccc1Cl. The maximum Gasteiger partial charge on any atom is 0.257 e. The predicted octanol–water partition coefficient (Wildman–Crippen LogP) is 4.28. The molecular weight excluding hydrogens is 411 g/mol. The Morgan fingerprint density at radius 1 is 1.15 bits per heavy atom. The number of halogens is 2. The molecule has 0 heterocycles. The number of rotatable bonds is 6. The zero-order valence-electron chi connectivity index (χ0n) is 15.3. The lowest BCUT2D eigenvalue weighted by Gasteiger charge is -2.21. The Labute approximate surface area is 169 Å². The number of nitrogens with zero attached hydrogens (tertiary/aromatic N) is 1. The second-order valence-electron chi connectivity index (χ2n) is 6.06. The number of nitrogens with one attached hydrogen (secondary N) is 1. The predicted molar refractivity (Wildman–Crippen MR) is 107 cm³/mol. The Balaban J connectivity index is 2.42. The standard InChI is InChI=1S/C18H20Cl2N2O4S/c1-11(2)22(3)27(24,25)13-6-7-15(20)14(10-13)18(23)21-16-9-12(19)5-8-17(16)26-4/h5-11H,1-4H3,(H,21,23). The van der Waals surface area contributed by atoms with Gasteiger partial charge in [-0.1, -0.05) is 23.2 Å². The minimum atomic E-state index is -3.75. The van der Waals surface area contributed by atoms with E-state index < -0.39 is 15.9 Å². The van der Waals surface area contributed by atoms with Crippen LogP contribution in [0.3, 0.4) is 0 Å². The van der Waals surface area contributed by atoms with Crippen LogP contribution in [-0.4, -0.2) is 38.8 Å². The Kier molecular flexibility index (Phi) is 6.75. The van der Waals surface area contributed by atoms with E-state index in [0.717, 1.165) is 0 Å². The van der Waals surface area contributed by atoms with Gasteiger partial charge < -0.3 is 10.1 Å². The molecule has 6 nitrogen and oxygen atoms in total. The van der Waals surface area contributed by atoms with E-state index in [1.165, 1.54) is 42.7 Å². The van der Waals surface area contributed by atoms with Crippen molar-refractivity contribution in [1.82, 2.24) is 4.31 Å². The van der Waals surface area contributed by atoms with Crippen LogP contribution in [0, 0.1) is 0 Å². The molecule has 1 N–H and O–H groups in total. The van der Waals surface area contributed by atoms with Crippen LogP contribution in [0.1, 0.15) is 24.2 Å². The highest BCUT2D eigenvalue weighted by Gasteiger charge is 2.25. The number of carbonyl (C=O) groups is 1. The number of hydrogen-bond donors (Lipinski definition) is 1. The maximum absolute atomic E-state index is 12.7. The normalized spacial score (nSPS) is 11.7. The number of carbonyl (C=O) groups excluding carboxylic acids is 1. The molecule has 0 spiro atoms. The van der Waals surface area contributed by atoms with Crippen molar-refractivity contribution < 1.29 is 17.9 Å². The summed E-state index contributed by atoms with van der Waals surface area (Å²) >= 11 is 12.1. The van der Waals surface area contributed by atoms with Gasteiger partial charge >= 0.3 is 0 Å². The molecule has 0 saturated carbocycles. The van der Waals surface area contributed by atoms with Crippen LogP contribution in [0.2, 0.25) is 10.0 Å². The number of sulfonamides is 1. The number of amides is 1. The van der Waals surface area contributed by atoms with Gasteiger partial charge in [0.15, 0.2) is 0 Å². The molecule has 0 saturated heterocycles. The second kappa shape index (κ2) is 8.48. The quantitative estimate of drug-likeness (QED) is 0.741. The van der Waals surface area contributed by atoms with E-state index in [-0.39, 0.29) is 21.5 Å². The van der Waals surface area contributed by atoms with E-state index in [2.05, 4.69) is 5.32 Å². The summed E-state index contributed by atoms with van der Waals surface area (Å²) in [6.45, 7) is 3.51. The molecule has 146 valence electrons. The van der Waals surface area contributed by atoms with Gasteiger partial charge in [-0.3, -0.25) is 4.79 Å². The van der Waals surface area contributed by atoms with Crippen LogP contribution in [0.25, 0.3) is 0 Å². The van der Waals surface area contributed by atoms with Crippen molar-refractivity contribution in [3.8, 4) is 5.75 Å². The van der Waals surface area contributed by atoms with E-state index in [1.54, 1.807) is 26.0 Å². The summed E-state index contributed by atoms with van der Waals surface area (Å²) in [7, 11) is -0.818. The third-order valence-corrected chi connectivity index (χ3v) is 6.59. The van der Waals surface area contributed by atoms with Crippen molar-refractivity contribution in [2.24, 2.45) is 0 Å². The van der Waals surface area contributed by atoms with Crippen LogP contribution < -0.4 is 10.1 Å². The number of ether oxygens (including phenoxy) is 1. The van der Waals surface area contributed by atoms with Crippen molar-refractivity contribution in [2.75, 3.05) is 19.5 Å². The number of hydrogen-bond acceptors (Lipinski definition) is 4. The number of benzene rings is 2. The second-order valence-corrected chi connectivity index (χ2v) is 8.90. The first-order valence-corrected chi connectivity index (χ1v) is 10.2. The zero-order chi connectivity index (χ0) is 20.4. The molecule has 0 unspecified atom stereocenters. The first-order chi connectivity index (χ1) is 12.6. The highest BCUT2D eigenvalue weighted by Crippen LogP contribution is 2.29. The van der Waals surface area contributed by atoms with Gasteiger partial charge in [0.2, 0.25) is 10.0 Å². The fraction of sp³-hybridized carbons (Fsp3) is 0.278. The molecule has 0 aromatic heterocycles. The monoisotopic (exact) mass is 430 g/mol. The molecule has 0 aliphatic rings. The first-order valence-electron chi connectivity index (χ1n) is 8.00. The van der Waals surface area contributed by atoms with Crippen LogP contribution in [-0.2, 0) is 10.0 Å². The minimum absolute atomic E-state index is 0.0219. The Morgan fingerprint density at radius 3 is 2.41 bits per heavy atom.